The minimum absolute atomic E-state index is 0.249. The molecule has 0 spiro atoms. The standard InChI is InChI=1S/C15H23N3O/c1-16-7-3-6-14(16)15(19)12-17-8-4-10-18-9-2-5-13(18)11-17/h3,6-7,13H,2,4-5,8-12H2,1H3. The molecule has 0 aromatic carbocycles. The van der Waals surface area contributed by atoms with Crippen LogP contribution in [0.2, 0.25) is 0 Å². The molecule has 2 saturated heterocycles. The van der Waals surface area contributed by atoms with Gasteiger partial charge in [-0.25, -0.2) is 0 Å². The molecule has 0 N–H and O–H groups in total. The van der Waals surface area contributed by atoms with Gasteiger partial charge in [-0.2, -0.15) is 0 Å². The first-order valence-corrected chi connectivity index (χ1v) is 7.35. The van der Waals surface area contributed by atoms with E-state index in [-0.39, 0.29) is 5.78 Å². The molecule has 3 rings (SSSR count). The molecule has 2 aliphatic heterocycles. The number of nitrogens with zero attached hydrogens (tertiary/aromatic N) is 3. The summed E-state index contributed by atoms with van der Waals surface area (Å²) in [5, 5.41) is 0. The van der Waals surface area contributed by atoms with E-state index < -0.39 is 0 Å². The number of hydrogen-bond acceptors (Lipinski definition) is 3. The second kappa shape index (κ2) is 5.47. The van der Waals surface area contributed by atoms with Gasteiger partial charge in [0.05, 0.1) is 12.2 Å². The molecule has 4 nitrogen and oxygen atoms in total. The van der Waals surface area contributed by atoms with Crippen molar-refractivity contribution in [1.82, 2.24) is 14.4 Å². The molecule has 2 aliphatic rings. The average molecular weight is 261 g/mol. The SMILES string of the molecule is Cn1cccc1C(=O)CN1CCCN2CCCC2C1. The molecular formula is C15H23N3O. The van der Waals surface area contributed by atoms with Crippen LogP contribution in [0.5, 0.6) is 0 Å². The zero-order chi connectivity index (χ0) is 13.2. The quantitative estimate of drug-likeness (QED) is 0.770. The van der Waals surface area contributed by atoms with E-state index >= 15 is 0 Å². The van der Waals surface area contributed by atoms with Crippen molar-refractivity contribution in [3.63, 3.8) is 0 Å². The van der Waals surface area contributed by atoms with Crippen molar-refractivity contribution in [3.05, 3.63) is 24.0 Å². The molecule has 1 aromatic heterocycles. The van der Waals surface area contributed by atoms with Crippen LogP contribution in [0, 0.1) is 0 Å². The molecule has 3 heterocycles. The third-order valence-electron chi connectivity index (χ3n) is 4.48. The maximum Gasteiger partial charge on any atom is 0.193 e. The van der Waals surface area contributed by atoms with Gasteiger partial charge in [0.1, 0.15) is 0 Å². The molecule has 104 valence electrons. The Morgan fingerprint density at radius 3 is 2.95 bits per heavy atom. The largest absolute Gasteiger partial charge is 0.348 e. The van der Waals surface area contributed by atoms with Crippen LogP contribution in [0.3, 0.4) is 0 Å². The van der Waals surface area contributed by atoms with Crippen LogP contribution in [-0.4, -0.2) is 58.9 Å². The highest BCUT2D eigenvalue weighted by Gasteiger charge is 2.29. The molecule has 19 heavy (non-hydrogen) atoms. The second-order valence-electron chi connectivity index (χ2n) is 5.85. The van der Waals surface area contributed by atoms with Crippen LogP contribution in [0.25, 0.3) is 0 Å². The fourth-order valence-corrected chi connectivity index (χ4v) is 3.46. The maximum atomic E-state index is 12.3. The van der Waals surface area contributed by atoms with Gasteiger partial charge < -0.3 is 4.57 Å². The fraction of sp³-hybridized carbons (Fsp3) is 0.667. The Labute approximate surface area is 115 Å². The number of carbonyl (C=O) groups is 1. The summed E-state index contributed by atoms with van der Waals surface area (Å²) in [6, 6.07) is 4.54. The Bertz CT molecular complexity index is 454. The molecular weight excluding hydrogens is 238 g/mol. The van der Waals surface area contributed by atoms with Gasteiger partial charge in [-0.05, 0) is 51.0 Å². The summed E-state index contributed by atoms with van der Waals surface area (Å²) < 4.78 is 1.92. The van der Waals surface area contributed by atoms with Gasteiger partial charge in [0.2, 0.25) is 0 Å². The minimum Gasteiger partial charge on any atom is -0.348 e. The van der Waals surface area contributed by atoms with Crippen molar-refractivity contribution in [2.45, 2.75) is 25.3 Å². The van der Waals surface area contributed by atoms with Gasteiger partial charge in [-0.1, -0.05) is 0 Å². The normalized spacial score (nSPS) is 25.2. The number of carbonyl (C=O) groups excluding carboxylic acids is 1. The molecule has 0 amide bonds. The van der Waals surface area contributed by atoms with Crippen molar-refractivity contribution in [2.75, 3.05) is 32.7 Å². The fourth-order valence-electron chi connectivity index (χ4n) is 3.46. The van der Waals surface area contributed by atoms with E-state index in [4.69, 9.17) is 0 Å². The van der Waals surface area contributed by atoms with Crippen LogP contribution < -0.4 is 0 Å². The van der Waals surface area contributed by atoms with Gasteiger partial charge in [0.25, 0.3) is 0 Å². The zero-order valence-corrected chi connectivity index (χ0v) is 11.7. The van der Waals surface area contributed by atoms with E-state index in [0.29, 0.717) is 12.6 Å². The average Bonchev–Trinajstić information content (AvgIpc) is 2.95. The Morgan fingerprint density at radius 1 is 1.32 bits per heavy atom. The minimum atomic E-state index is 0.249. The summed E-state index contributed by atoms with van der Waals surface area (Å²) in [7, 11) is 1.94. The lowest BCUT2D eigenvalue weighted by molar-refractivity contribution is 0.0917. The zero-order valence-electron chi connectivity index (χ0n) is 11.7. The molecule has 0 radical (unpaired) electrons. The number of ketones is 1. The van der Waals surface area contributed by atoms with Gasteiger partial charge in [-0.3, -0.25) is 14.6 Å². The Morgan fingerprint density at radius 2 is 2.16 bits per heavy atom. The lowest BCUT2D eigenvalue weighted by Crippen LogP contribution is -2.39. The molecule has 4 heteroatoms. The van der Waals surface area contributed by atoms with Gasteiger partial charge in [-0.15, -0.1) is 0 Å². The van der Waals surface area contributed by atoms with E-state index in [2.05, 4.69) is 9.80 Å². The first-order chi connectivity index (χ1) is 9.24. The van der Waals surface area contributed by atoms with Crippen LogP contribution in [0.15, 0.2) is 18.3 Å². The van der Waals surface area contributed by atoms with Crippen molar-refractivity contribution in [2.24, 2.45) is 7.05 Å². The predicted molar refractivity (Wildman–Crippen MR) is 75.4 cm³/mol. The summed E-state index contributed by atoms with van der Waals surface area (Å²) >= 11 is 0. The number of aromatic nitrogens is 1. The van der Waals surface area contributed by atoms with E-state index in [1.807, 2.05) is 29.9 Å². The van der Waals surface area contributed by atoms with Crippen molar-refractivity contribution >= 4 is 5.78 Å². The first-order valence-electron chi connectivity index (χ1n) is 7.35. The van der Waals surface area contributed by atoms with E-state index in [1.165, 1.54) is 32.4 Å². The predicted octanol–water partition coefficient (Wildman–Crippen LogP) is 1.38. The van der Waals surface area contributed by atoms with Crippen molar-refractivity contribution < 1.29 is 4.79 Å². The van der Waals surface area contributed by atoms with Gasteiger partial charge in [0, 0.05) is 25.8 Å². The Balaban J connectivity index is 1.63. The molecule has 1 aromatic rings. The third-order valence-corrected chi connectivity index (χ3v) is 4.48. The summed E-state index contributed by atoms with van der Waals surface area (Å²) in [5.41, 5.74) is 0.826. The van der Waals surface area contributed by atoms with Crippen LogP contribution in [0.1, 0.15) is 29.8 Å². The summed E-state index contributed by atoms with van der Waals surface area (Å²) in [4.78, 5) is 17.3. The molecule has 0 bridgehead atoms. The van der Waals surface area contributed by atoms with Crippen LogP contribution in [0.4, 0.5) is 0 Å². The smallest absolute Gasteiger partial charge is 0.193 e. The highest BCUT2D eigenvalue weighted by atomic mass is 16.1. The molecule has 0 aliphatic carbocycles. The van der Waals surface area contributed by atoms with E-state index in [9.17, 15) is 4.79 Å². The summed E-state index contributed by atoms with van der Waals surface area (Å²) in [6.45, 7) is 5.16. The lowest BCUT2D eigenvalue weighted by atomic mass is 10.2. The molecule has 1 atom stereocenters. The number of Topliss-reactive ketones (excluding diaryl/α,β-unsaturated/α-hetero) is 1. The maximum absolute atomic E-state index is 12.3. The molecule has 0 saturated carbocycles. The first kappa shape index (κ1) is 12.9. The van der Waals surface area contributed by atoms with E-state index in [1.54, 1.807) is 0 Å². The number of hydrogen-bond donors (Lipinski definition) is 0. The van der Waals surface area contributed by atoms with Gasteiger partial charge in [0.15, 0.2) is 5.78 Å². The Hall–Kier alpha value is -1.13. The van der Waals surface area contributed by atoms with Crippen molar-refractivity contribution in [3.8, 4) is 0 Å². The lowest BCUT2D eigenvalue weighted by Gasteiger charge is -2.25. The number of fused-ring (bicyclic) bond motifs is 1. The number of aryl methyl sites for hydroxylation is 1. The number of rotatable bonds is 3. The monoisotopic (exact) mass is 261 g/mol. The molecule has 1 unspecified atom stereocenters. The summed E-state index contributed by atoms with van der Waals surface area (Å²) in [6.07, 6.45) is 5.75. The molecule has 2 fully saturated rings. The highest BCUT2D eigenvalue weighted by molar-refractivity contribution is 5.96. The highest BCUT2D eigenvalue weighted by Crippen LogP contribution is 2.21. The second-order valence-corrected chi connectivity index (χ2v) is 5.85. The summed E-state index contributed by atoms with van der Waals surface area (Å²) in [5.74, 6) is 0.249. The van der Waals surface area contributed by atoms with Gasteiger partial charge >= 0.3 is 0 Å². The van der Waals surface area contributed by atoms with Crippen LogP contribution in [-0.2, 0) is 7.05 Å². The Kier molecular flexibility index (Phi) is 3.71. The van der Waals surface area contributed by atoms with Crippen molar-refractivity contribution in [1.29, 1.82) is 0 Å². The van der Waals surface area contributed by atoms with Crippen LogP contribution >= 0.6 is 0 Å². The van der Waals surface area contributed by atoms with E-state index in [0.717, 1.165) is 18.8 Å². The topological polar surface area (TPSA) is 28.5 Å². The third kappa shape index (κ3) is 2.74.